The SMILES string of the molecule is C=C(C)CNC(=S)Nc1cccc(S(=O)(=O)Nc2ccccc2)c1. The summed E-state index contributed by atoms with van der Waals surface area (Å²) in [6, 6.07) is 15.2. The van der Waals surface area contributed by atoms with E-state index in [0.717, 1.165) is 5.57 Å². The molecule has 0 aliphatic carbocycles. The highest BCUT2D eigenvalue weighted by atomic mass is 32.2. The summed E-state index contributed by atoms with van der Waals surface area (Å²) < 4.78 is 27.5. The molecule has 0 aliphatic rings. The molecular weight excluding hydrogens is 342 g/mol. The number of thiocarbonyl (C=S) groups is 1. The second kappa shape index (κ2) is 7.94. The van der Waals surface area contributed by atoms with Gasteiger partial charge in [-0.15, -0.1) is 0 Å². The largest absolute Gasteiger partial charge is 0.359 e. The van der Waals surface area contributed by atoms with Gasteiger partial charge in [-0.2, -0.15) is 0 Å². The molecule has 0 bridgehead atoms. The molecule has 0 atom stereocenters. The van der Waals surface area contributed by atoms with Gasteiger partial charge in [-0.3, -0.25) is 4.72 Å². The molecule has 0 saturated heterocycles. The van der Waals surface area contributed by atoms with E-state index in [1.807, 2.05) is 13.0 Å². The molecule has 0 heterocycles. The van der Waals surface area contributed by atoms with E-state index in [2.05, 4.69) is 21.9 Å². The summed E-state index contributed by atoms with van der Waals surface area (Å²) in [6.45, 7) is 6.22. The molecule has 0 radical (unpaired) electrons. The molecule has 0 unspecified atom stereocenters. The van der Waals surface area contributed by atoms with Crippen molar-refractivity contribution in [3.05, 3.63) is 66.7 Å². The van der Waals surface area contributed by atoms with Crippen LogP contribution < -0.4 is 15.4 Å². The van der Waals surface area contributed by atoms with Crippen molar-refractivity contribution in [2.75, 3.05) is 16.6 Å². The second-order valence-electron chi connectivity index (χ2n) is 5.26. The molecule has 0 saturated carbocycles. The summed E-state index contributed by atoms with van der Waals surface area (Å²) in [5.74, 6) is 0. The van der Waals surface area contributed by atoms with Gasteiger partial charge in [0.1, 0.15) is 0 Å². The highest BCUT2D eigenvalue weighted by Crippen LogP contribution is 2.19. The minimum absolute atomic E-state index is 0.152. The standard InChI is InChI=1S/C17H19N3O2S2/c1-13(2)12-18-17(23)19-15-9-6-10-16(11-15)24(21,22)20-14-7-4-3-5-8-14/h3-11,20H,1,12H2,2H3,(H2,18,19,23). The third kappa shape index (κ3) is 5.36. The average molecular weight is 361 g/mol. The lowest BCUT2D eigenvalue weighted by atomic mass is 10.3. The van der Waals surface area contributed by atoms with Gasteiger partial charge in [0.15, 0.2) is 5.11 Å². The monoisotopic (exact) mass is 361 g/mol. The van der Waals surface area contributed by atoms with Gasteiger partial charge < -0.3 is 10.6 Å². The van der Waals surface area contributed by atoms with Gasteiger partial charge in [-0.1, -0.05) is 36.4 Å². The zero-order chi connectivity index (χ0) is 17.6. The highest BCUT2D eigenvalue weighted by molar-refractivity contribution is 7.92. The molecule has 2 rings (SSSR count). The minimum atomic E-state index is -3.67. The molecule has 3 N–H and O–H groups in total. The topological polar surface area (TPSA) is 70.2 Å². The van der Waals surface area contributed by atoms with Crippen LogP contribution in [0.3, 0.4) is 0 Å². The van der Waals surface area contributed by atoms with Crippen molar-refractivity contribution in [1.29, 1.82) is 0 Å². The van der Waals surface area contributed by atoms with E-state index in [1.165, 1.54) is 12.1 Å². The van der Waals surface area contributed by atoms with Crippen molar-refractivity contribution < 1.29 is 8.42 Å². The zero-order valence-corrected chi connectivity index (χ0v) is 14.9. The van der Waals surface area contributed by atoms with Gasteiger partial charge in [0.05, 0.1) is 4.90 Å². The van der Waals surface area contributed by atoms with Crippen LogP contribution in [0, 0.1) is 0 Å². The number of nitrogens with one attached hydrogen (secondary N) is 3. The minimum Gasteiger partial charge on any atom is -0.359 e. The summed E-state index contributed by atoms with van der Waals surface area (Å²) in [5, 5.41) is 6.35. The number of rotatable bonds is 6. The predicted octanol–water partition coefficient (Wildman–Crippen LogP) is 3.35. The van der Waals surface area contributed by atoms with Crippen molar-refractivity contribution >= 4 is 38.7 Å². The van der Waals surface area contributed by atoms with E-state index in [4.69, 9.17) is 12.2 Å². The first-order chi connectivity index (χ1) is 11.4. The van der Waals surface area contributed by atoms with Crippen LogP contribution in [0.5, 0.6) is 0 Å². The Balaban J connectivity index is 2.11. The Hall–Kier alpha value is -2.38. The summed E-state index contributed by atoms with van der Waals surface area (Å²) in [7, 11) is -3.67. The molecule has 2 aromatic rings. The number of benzene rings is 2. The van der Waals surface area contributed by atoms with Gasteiger partial charge in [-0.05, 0) is 49.5 Å². The normalized spacial score (nSPS) is 10.7. The lowest BCUT2D eigenvalue weighted by Crippen LogP contribution is -2.29. The smallest absolute Gasteiger partial charge is 0.261 e. The molecule has 24 heavy (non-hydrogen) atoms. The Morgan fingerprint density at radius 3 is 2.42 bits per heavy atom. The molecule has 0 aromatic heterocycles. The maximum Gasteiger partial charge on any atom is 0.261 e. The molecule has 5 nitrogen and oxygen atoms in total. The average Bonchev–Trinajstić information content (AvgIpc) is 2.54. The summed E-state index contributed by atoms with van der Waals surface area (Å²) in [6.07, 6.45) is 0. The van der Waals surface area contributed by atoms with Crippen LogP contribution >= 0.6 is 12.2 Å². The van der Waals surface area contributed by atoms with Crippen LogP contribution in [0.2, 0.25) is 0 Å². The number of sulfonamides is 1. The van der Waals surface area contributed by atoms with Crippen molar-refractivity contribution in [3.63, 3.8) is 0 Å². The molecule has 7 heteroatoms. The molecule has 126 valence electrons. The van der Waals surface area contributed by atoms with Gasteiger partial charge >= 0.3 is 0 Å². The van der Waals surface area contributed by atoms with E-state index in [0.29, 0.717) is 23.0 Å². The van der Waals surface area contributed by atoms with Gasteiger partial charge in [0.2, 0.25) is 0 Å². The highest BCUT2D eigenvalue weighted by Gasteiger charge is 2.14. The fourth-order valence-corrected chi connectivity index (χ4v) is 3.16. The van der Waals surface area contributed by atoms with E-state index >= 15 is 0 Å². The van der Waals surface area contributed by atoms with Crippen molar-refractivity contribution in [1.82, 2.24) is 5.32 Å². The number of para-hydroxylation sites is 1. The summed E-state index contributed by atoms with van der Waals surface area (Å²) in [4.78, 5) is 0.152. The van der Waals surface area contributed by atoms with Crippen molar-refractivity contribution in [2.24, 2.45) is 0 Å². The van der Waals surface area contributed by atoms with Gasteiger partial charge in [-0.25, -0.2) is 8.42 Å². The first-order valence-corrected chi connectivity index (χ1v) is 9.13. The Morgan fingerprint density at radius 1 is 1.08 bits per heavy atom. The second-order valence-corrected chi connectivity index (χ2v) is 7.35. The lowest BCUT2D eigenvalue weighted by Gasteiger charge is -2.12. The predicted molar refractivity (Wildman–Crippen MR) is 103 cm³/mol. The maximum absolute atomic E-state index is 12.5. The van der Waals surface area contributed by atoms with Gasteiger partial charge in [0.25, 0.3) is 10.0 Å². The summed E-state index contributed by atoms with van der Waals surface area (Å²) in [5.41, 5.74) is 2.04. The fourth-order valence-electron chi connectivity index (χ4n) is 1.87. The zero-order valence-electron chi connectivity index (χ0n) is 13.2. The Bertz CT molecular complexity index is 834. The lowest BCUT2D eigenvalue weighted by molar-refractivity contribution is 0.601. The molecule has 0 spiro atoms. The van der Waals surface area contributed by atoms with E-state index in [-0.39, 0.29) is 4.90 Å². The molecule has 0 aliphatic heterocycles. The van der Waals surface area contributed by atoms with E-state index in [9.17, 15) is 8.42 Å². The molecule has 0 amide bonds. The van der Waals surface area contributed by atoms with Crippen LogP contribution in [0.1, 0.15) is 6.92 Å². The van der Waals surface area contributed by atoms with Crippen molar-refractivity contribution in [3.8, 4) is 0 Å². The Labute approximate surface area is 147 Å². The molecule has 2 aromatic carbocycles. The molecular formula is C17H19N3O2S2. The molecule has 0 fully saturated rings. The summed E-state index contributed by atoms with van der Waals surface area (Å²) >= 11 is 5.17. The number of hydrogen-bond donors (Lipinski definition) is 3. The van der Waals surface area contributed by atoms with E-state index < -0.39 is 10.0 Å². The van der Waals surface area contributed by atoms with Crippen molar-refractivity contribution in [2.45, 2.75) is 11.8 Å². The maximum atomic E-state index is 12.5. The van der Waals surface area contributed by atoms with Crippen LogP contribution in [-0.4, -0.2) is 20.1 Å². The number of hydrogen-bond acceptors (Lipinski definition) is 3. The first kappa shape index (κ1) is 18.0. The van der Waals surface area contributed by atoms with Crippen LogP contribution in [-0.2, 0) is 10.0 Å². The van der Waals surface area contributed by atoms with Crippen LogP contribution in [0.15, 0.2) is 71.6 Å². The van der Waals surface area contributed by atoms with Crippen LogP contribution in [0.4, 0.5) is 11.4 Å². The number of anilines is 2. The first-order valence-electron chi connectivity index (χ1n) is 7.24. The van der Waals surface area contributed by atoms with Crippen LogP contribution in [0.25, 0.3) is 0 Å². The van der Waals surface area contributed by atoms with E-state index in [1.54, 1.807) is 36.4 Å². The Morgan fingerprint density at radius 2 is 1.75 bits per heavy atom. The quantitative estimate of drug-likeness (QED) is 0.544. The third-order valence-electron chi connectivity index (χ3n) is 2.98. The Kier molecular flexibility index (Phi) is 5.94. The third-order valence-corrected chi connectivity index (χ3v) is 4.60. The van der Waals surface area contributed by atoms with Gasteiger partial charge in [0, 0.05) is 17.9 Å². The fraction of sp³-hybridized carbons (Fsp3) is 0.118.